The summed E-state index contributed by atoms with van der Waals surface area (Å²) in [5, 5.41) is 0. The van der Waals surface area contributed by atoms with Crippen LogP contribution in [0.1, 0.15) is 32.8 Å². The van der Waals surface area contributed by atoms with Crippen LogP contribution in [0.4, 0.5) is 0 Å². The van der Waals surface area contributed by atoms with Gasteiger partial charge in [0.05, 0.1) is 6.04 Å². The van der Waals surface area contributed by atoms with Crippen LogP contribution in [0, 0.1) is 0 Å². The Morgan fingerprint density at radius 3 is 2.28 bits per heavy atom. The van der Waals surface area contributed by atoms with E-state index in [-0.39, 0.29) is 30.4 Å². The van der Waals surface area contributed by atoms with Crippen molar-refractivity contribution >= 4 is 18.3 Å². The van der Waals surface area contributed by atoms with Gasteiger partial charge in [0.2, 0.25) is 5.91 Å². The van der Waals surface area contributed by atoms with Crippen LogP contribution in [0.15, 0.2) is 30.3 Å². The lowest BCUT2D eigenvalue weighted by atomic mass is 10.1. The summed E-state index contributed by atoms with van der Waals surface area (Å²) in [4.78, 5) is 14.0. The Morgan fingerprint density at radius 1 is 1.28 bits per heavy atom. The largest absolute Gasteiger partial charge is 0.335 e. The molecule has 3 nitrogen and oxygen atoms in total. The summed E-state index contributed by atoms with van der Waals surface area (Å²) < 4.78 is 0. The number of hydrogen-bond donors (Lipinski definition) is 1. The molecule has 102 valence electrons. The number of nitrogens with two attached hydrogens (primary N) is 1. The third-order valence-corrected chi connectivity index (χ3v) is 2.86. The van der Waals surface area contributed by atoms with E-state index in [0.717, 1.165) is 5.56 Å². The van der Waals surface area contributed by atoms with Gasteiger partial charge < -0.3 is 10.6 Å². The molecule has 4 heteroatoms. The summed E-state index contributed by atoms with van der Waals surface area (Å²) in [6.07, 6.45) is 0.677. The SMILES string of the molecule is CC[C@H](N)C(=O)N(Cc1ccccc1)C(C)C.Cl. The van der Waals surface area contributed by atoms with Crippen LogP contribution >= 0.6 is 12.4 Å². The standard InChI is InChI=1S/C14H22N2O.ClH/c1-4-13(15)14(17)16(11(2)3)10-12-8-6-5-7-9-12;/h5-9,11,13H,4,10,15H2,1-3H3;1H/t13-;/m0./s1. The average Bonchev–Trinajstić information content (AvgIpc) is 2.35. The summed E-state index contributed by atoms with van der Waals surface area (Å²) >= 11 is 0. The van der Waals surface area contributed by atoms with Crippen molar-refractivity contribution in [2.24, 2.45) is 5.73 Å². The van der Waals surface area contributed by atoms with Crippen molar-refractivity contribution in [3.63, 3.8) is 0 Å². The highest BCUT2D eigenvalue weighted by Crippen LogP contribution is 2.10. The zero-order valence-electron chi connectivity index (χ0n) is 11.3. The van der Waals surface area contributed by atoms with Crippen molar-refractivity contribution in [2.75, 3.05) is 0 Å². The van der Waals surface area contributed by atoms with Crippen molar-refractivity contribution in [3.8, 4) is 0 Å². The van der Waals surface area contributed by atoms with Crippen LogP contribution in [0.25, 0.3) is 0 Å². The number of nitrogens with zero attached hydrogens (tertiary/aromatic N) is 1. The summed E-state index contributed by atoms with van der Waals surface area (Å²) in [7, 11) is 0. The van der Waals surface area contributed by atoms with Gasteiger partial charge in [-0.3, -0.25) is 4.79 Å². The van der Waals surface area contributed by atoms with Gasteiger partial charge in [0, 0.05) is 12.6 Å². The number of benzene rings is 1. The van der Waals surface area contributed by atoms with Crippen molar-refractivity contribution in [3.05, 3.63) is 35.9 Å². The number of carbonyl (C=O) groups excluding carboxylic acids is 1. The number of hydrogen-bond acceptors (Lipinski definition) is 2. The molecule has 1 aromatic rings. The molecule has 1 aromatic carbocycles. The van der Waals surface area contributed by atoms with Crippen LogP contribution in [0.2, 0.25) is 0 Å². The third-order valence-electron chi connectivity index (χ3n) is 2.86. The first kappa shape index (κ1) is 16.9. The van der Waals surface area contributed by atoms with Crippen LogP contribution in [0.3, 0.4) is 0 Å². The monoisotopic (exact) mass is 270 g/mol. The smallest absolute Gasteiger partial charge is 0.240 e. The zero-order valence-corrected chi connectivity index (χ0v) is 12.1. The van der Waals surface area contributed by atoms with Crippen LogP contribution < -0.4 is 5.73 Å². The molecule has 0 saturated heterocycles. The maximum atomic E-state index is 12.1. The molecule has 0 aliphatic rings. The maximum absolute atomic E-state index is 12.1. The van der Waals surface area contributed by atoms with Gasteiger partial charge in [-0.05, 0) is 25.8 Å². The van der Waals surface area contributed by atoms with Crippen LogP contribution in [-0.4, -0.2) is 22.9 Å². The molecular weight excluding hydrogens is 248 g/mol. The lowest BCUT2D eigenvalue weighted by Crippen LogP contribution is -2.46. The second-order valence-electron chi connectivity index (χ2n) is 4.56. The fourth-order valence-electron chi connectivity index (χ4n) is 1.68. The average molecular weight is 271 g/mol. The minimum Gasteiger partial charge on any atom is -0.335 e. The summed E-state index contributed by atoms with van der Waals surface area (Å²) in [6, 6.07) is 9.78. The first-order valence-corrected chi connectivity index (χ1v) is 6.16. The molecule has 0 aliphatic heterocycles. The Bertz CT molecular complexity index is 354. The highest BCUT2D eigenvalue weighted by molar-refractivity contribution is 5.85. The molecule has 0 saturated carbocycles. The lowest BCUT2D eigenvalue weighted by molar-refractivity contribution is -0.135. The molecule has 2 N–H and O–H groups in total. The Balaban J connectivity index is 0.00000289. The molecule has 1 amide bonds. The van der Waals surface area contributed by atoms with E-state index >= 15 is 0 Å². The number of amides is 1. The van der Waals surface area contributed by atoms with Crippen molar-refractivity contribution < 1.29 is 4.79 Å². The van der Waals surface area contributed by atoms with Gasteiger partial charge >= 0.3 is 0 Å². The Hall–Kier alpha value is -1.06. The Kier molecular flexibility index (Phi) is 7.64. The van der Waals surface area contributed by atoms with Crippen LogP contribution in [0.5, 0.6) is 0 Å². The molecule has 0 aliphatic carbocycles. The van der Waals surface area contributed by atoms with Gasteiger partial charge in [-0.15, -0.1) is 12.4 Å². The number of rotatable bonds is 5. The van der Waals surface area contributed by atoms with E-state index < -0.39 is 0 Å². The first-order valence-electron chi connectivity index (χ1n) is 6.16. The molecule has 1 rings (SSSR count). The Labute approximate surface area is 116 Å². The third kappa shape index (κ3) is 4.67. The van der Waals surface area contributed by atoms with Gasteiger partial charge in [-0.25, -0.2) is 0 Å². The summed E-state index contributed by atoms with van der Waals surface area (Å²) in [6.45, 7) is 6.60. The van der Waals surface area contributed by atoms with Gasteiger partial charge in [0.25, 0.3) is 0 Å². The maximum Gasteiger partial charge on any atom is 0.240 e. The molecule has 0 radical (unpaired) electrons. The number of carbonyl (C=O) groups is 1. The minimum absolute atomic E-state index is 0. The first-order chi connectivity index (χ1) is 8.06. The molecule has 0 fully saturated rings. The van der Waals surface area contributed by atoms with E-state index in [4.69, 9.17) is 5.73 Å². The minimum atomic E-state index is -0.388. The van der Waals surface area contributed by atoms with E-state index in [1.165, 1.54) is 0 Å². The second kappa shape index (κ2) is 8.11. The van der Waals surface area contributed by atoms with E-state index in [9.17, 15) is 4.79 Å². The second-order valence-corrected chi connectivity index (χ2v) is 4.56. The van der Waals surface area contributed by atoms with E-state index in [1.807, 2.05) is 56.0 Å². The fourth-order valence-corrected chi connectivity index (χ4v) is 1.68. The van der Waals surface area contributed by atoms with E-state index in [2.05, 4.69) is 0 Å². The van der Waals surface area contributed by atoms with Crippen molar-refractivity contribution in [1.82, 2.24) is 4.90 Å². The van der Waals surface area contributed by atoms with Crippen molar-refractivity contribution in [2.45, 2.75) is 45.8 Å². The number of halogens is 1. The van der Waals surface area contributed by atoms with Gasteiger partial charge in [0.1, 0.15) is 0 Å². The summed E-state index contributed by atoms with van der Waals surface area (Å²) in [5.74, 6) is 0.0337. The van der Waals surface area contributed by atoms with Gasteiger partial charge in [0.15, 0.2) is 0 Å². The highest BCUT2D eigenvalue weighted by atomic mass is 35.5. The topological polar surface area (TPSA) is 46.3 Å². The van der Waals surface area contributed by atoms with Crippen LogP contribution in [-0.2, 0) is 11.3 Å². The lowest BCUT2D eigenvalue weighted by Gasteiger charge is -2.29. The molecule has 0 aromatic heterocycles. The molecular formula is C14H23ClN2O. The molecule has 0 spiro atoms. The quantitative estimate of drug-likeness (QED) is 0.894. The predicted molar refractivity (Wildman–Crippen MR) is 77.6 cm³/mol. The summed E-state index contributed by atoms with van der Waals surface area (Å²) in [5.41, 5.74) is 6.95. The molecule has 0 unspecified atom stereocenters. The fraction of sp³-hybridized carbons (Fsp3) is 0.500. The normalized spacial score (nSPS) is 11.8. The Morgan fingerprint density at radius 2 is 1.83 bits per heavy atom. The highest BCUT2D eigenvalue weighted by Gasteiger charge is 2.21. The molecule has 18 heavy (non-hydrogen) atoms. The molecule has 0 bridgehead atoms. The van der Waals surface area contributed by atoms with E-state index in [1.54, 1.807) is 0 Å². The van der Waals surface area contributed by atoms with Crippen molar-refractivity contribution in [1.29, 1.82) is 0 Å². The molecule has 0 heterocycles. The predicted octanol–water partition coefficient (Wildman–Crippen LogP) is 2.58. The van der Waals surface area contributed by atoms with Gasteiger partial charge in [-0.2, -0.15) is 0 Å². The van der Waals surface area contributed by atoms with E-state index in [0.29, 0.717) is 13.0 Å². The van der Waals surface area contributed by atoms with Gasteiger partial charge in [-0.1, -0.05) is 37.3 Å². The molecule has 1 atom stereocenters. The zero-order chi connectivity index (χ0) is 12.8.